The van der Waals surface area contributed by atoms with Crippen LogP contribution in [-0.4, -0.2) is 11.2 Å². The van der Waals surface area contributed by atoms with Gasteiger partial charge in [-0.25, -0.2) is 4.39 Å². The molecule has 2 nitrogen and oxygen atoms in total. The molecule has 3 N–H and O–H groups in total. The highest BCUT2D eigenvalue weighted by Gasteiger charge is 2.38. The molecule has 1 aliphatic carbocycles. The van der Waals surface area contributed by atoms with Gasteiger partial charge in [-0.3, -0.25) is 0 Å². The van der Waals surface area contributed by atoms with Gasteiger partial charge in [0.25, 0.3) is 0 Å². The van der Waals surface area contributed by atoms with Gasteiger partial charge >= 0.3 is 6.18 Å². The summed E-state index contributed by atoms with van der Waals surface area (Å²) >= 11 is 5.46. The average molecular weight is 298 g/mol. The Balaban J connectivity index is 2.40. The zero-order valence-electron chi connectivity index (χ0n) is 9.72. The molecule has 0 saturated heterocycles. The molecule has 0 heterocycles. The third-order valence-corrected chi connectivity index (χ3v) is 3.49. The Morgan fingerprint density at radius 1 is 1.32 bits per heavy atom. The van der Waals surface area contributed by atoms with Crippen molar-refractivity contribution in [2.24, 2.45) is 11.7 Å². The smallest absolute Gasteiger partial charge is 0.391 e. The van der Waals surface area contributed by atoms with E-state index in [9.17, 15) is 22.7 Å². The number of alkyl halides is 3. The molecule has 0 unspecified atom stereocenters. The molecular formula is C12H12ClF4NO. The predicted molar refractivity (Wildman–Crippen MR) is 62.1 cm³/mol. The largest absolute Gasteiger partial charge is 0.416 e. The first-order valence-corrected chi connectivity index (χ1v) is 6.09. The van der Waals surface area contributed by atoms with E-state index in [4.69, 9.17) is 17.3 Å². The molecule has 2 atom stereocenters. The molecule has 0 aliphatic heterocycles. The quantitative estimate of drug-likeness (QED) is 0.841. The van der Waals surface area contributed by atoms with Crippen molar-refractivity contribution < 1.29 is 22.7 Å². The van der Waals surface area contributed by atoms with Crippen LogP contribution in [0.25, 0.3) is 0 Å². The van der Waals surface area contributed by atoms with Crippen LogP contribution in [0.4, 0.5) is 17.6 Å². The van der Waals surface area contributed by atoms with Gasteiger partial charge < -0.3 is 10.8 Å². The fourth-order valence-electron chi connectivity index (χ4n) is 1.93. The number of benzene rings is 1. The van der Waals surface area contributed by atoms with E-state index in [1.807, 2.05) is 0 Å². The van der Waals surface area contributed by atoms with Crippen LogP contribution in [0, 0.1) is 11.7 Å². The monoisotopic (exact) mass is 297 g/mol. The van der Waals surface area contributed by atoms with Crippen molar-refractivity contribution in [3.05, 3.63) is 34.1 Å². The van der Waals surface area contributed by atoms with Gasteiger partial charge in [0.05, 0.1) is 22.7 Å². The van der Waals surface area contributed by atoms with E-state index in [0.29, 0.717) is 12.1 Å². The molecular weight excluding hydrogens is 286 g/mol. The topological polar surface area (TPSA) is 46.2 Å². The summed E-state index contributed by atoms with van der Waals surface area (Å²) in [6.45, 7) is 0. The van der Waals surface area contributed by atoms with Gasteiger partial charge in [-0.2, -0.15) is 13.2 Å². The lowest BCUT2D eigenvalue weighted by Crippen LogP contribution is -2.29. The van der Waals surface area contributed by atoms with Crippen molar-refractivity contribution in [2.45, 2.75) is 31.2 Å². The van der Waals surface area contributed by atoms with Crippen LogP contribution in [0.15, 0.2) is 12.1 Å². The highest BCUT2D eigenvalue weighted by atomic mass is 35.5. The summed E-state index contributed by atoms with van der Waals surface area (Å²) in [5, 5.41) is 9.15. The molecule has 1 aliphatic rings. The number of aliphatic hydroxyl groups excluding tert-OH is 1. The first-order valence-electron chi connectivity index (χ1n) is 5.71. The summed E-state index contributed by atoms with van der Waals surface area (Å²) < 4.78 is 51.7. The summed E-state index contributed by atoms with van der Waals surface area (Å²) in [5.41, 5.74) is 4.17. The number of nitrogens with two attached hydrogens (primary N) is 1. The van der Waals surface area contributed by atoms with Gasteiger partial charge in [-0.1, -0.05) is 11.6 Å². The second-order valence-corrected chi connectivity index (χ2v) is 5.12. The Hall–Kier alpha value is -0.850. The van der Waals surface area contributed by atoms with Crippen LogP contribution >= 0.6 is 11.6 Å². The van der Waals surface area contributed by atoms with Crippen molar-refractivity contribution >= 4 is 11.6 Å². The van der Waals surface area contributed by atoms with Crippen LogP contribution in [0.2, 0.25) is 5.02 Å². The van der Waals surface area contributed by atoms with Crippen molar-refractivity contribution in [1.82, 2.24) is 0 Å². The number of hydrogen-bond donors (Lipinski definition) is 2. The highest BCUT2D eigenvalue weighted by Crippen LogP contribution is 2.40. The van der Waals surface area contributed by atoms with E-state index in [0.717, 1.165) is 12.8 Å². The van der Waals surface area contributed by atoms with E-state index >= 15 is 0 Å². The zero-order chi connectivity index (χ0) is 14.4. The van der Waals surface area contributed by atoms with Gasteiger partial charge in [0.15, 0.2) is 0 Å². The van der Waals surface area contributed by atoms with Crippen molar-refractivity contribution in [2.75, 3.05) is 0 Å². The third-order valence-electron chi connectivity index (χ3n) is 3.22. The van der Waals surface area contributed by atoms with Crippen LogP contribution in [0.1, 0.15) is 30.0 Å². The number of hydrogen-bond acceptors (Lipinski definition) is 2. The Labute approximate surface area is 112 Å². The molecule has 0 radical (unpaired) electrons. The molecule has 0 aromatic heterocycles. The summed E-state index contributed by atoms with van der Waals surface area (Å²) in [6, 6.07) is -0.0963. The molecule has 1 saturated carbocycles. The lowest BCUT2D eigenvalue weighted by atomic mass is 9.96. The fraction of sp³-hybridized carbons (Fsp3) is 0.500. The molecule has 1 aromatic rings. The van der Waals surface area contributed by atoms with Gasteiger partial charge in [-0.15, -0.1) is 0 Å². The van der Waals surface area contributed by atoms with Crippen LogP contribution in [0.3, 0.4) is 0 Å². The molecule has 0 spiro atoms. The molecule has 0 bridgehead atoms. The summed E-state index contributed by atoms with van der Waals surface area (Å²) in [5.74, 6) is -1.09. The molecule has 0 amide bonds. The molecule has 19 heavy (non-hydrogen) atoms. The molecule has 1 aromatic carbocycles. The zero-order valence-corrected chi connectivity index (χ0v) is 10.5. The first kappa shape index (κ1) is 14.6. The maximum atomic E-state index is 13.8. The number of rotatable bonds is 3. The first-order chi connectivity index (χ1) is 8.71. The Morgan fingerprint density at radius 3 is 2.37 bits per heavy atom. The highest BCUT2D eigenvalue weighted by molar-refractivity contribution is 6.30. The second kappa shape index (κ2) is 4.92. The SMILES string of the molecule is N[C@@H](c1cc(C(F)(F)F)cc(Cl)c1F)[C@H](O)C1CC1. The fourth-order valence-corrected chi connectivity index (χ4v) is 2.16. The van der Waals surface area contributed by atoms with Crippen molar-refractivity contribution in [3.8, 4) is 0 Å². The normalized spacial score (nSPS) is 19.3. The second-order valence-electron chi connectivity index (χ2n) is 4.71. The molecule has 2 rings (SSSR count). The Bertz CT molecular complexity index is 487. The molecule has 106 valence electrons. The maximum absolute atomic E-state index is 13.8. The van der Waals surface area contributed by atoms with Gasteiger partial charge in [0.1, 0.15) is 5.82 Å². The predicted octanol–water partition coefficient (Wildman–Crippen LogP) is 3.27. The Kier molecular flexibility index (Phi) is 3.77. The third kappa shape index (κ3) is 3.01. The average Bonchev–Trinajstić information content (AvgIpc) is 3.13. The van der Waals surface area contributed by atoms with Crippen molar-refractivity contribution in [1.29, 1.82) is 0 Å². The summed E-state index contributed by atoms with van der Waals surface area (Å²) in [7, 11) is 0. The van der Waals surface area contributed by atoms with E-state index in [1.165, 1.54) is 0 Å². The van der Waals surface area contributed by atoms with Crippen LogP contribution in [-0.2, 0) is 6.18 Å². The van der Waals surface area contributed by atoms with E-state index in [2.05, 4.69) is 0 Å². The lowest BCUT2D eigenvalue weighted by molar-refractivity contribution is -0.137. The van der Waals surface area contributed by atoms with E-state index in [-0.39, 0.29) is 5.92 Å². The minimum atomic E-state index is -4.64. The van der Waals surface area contributed by atoms with E-state index < -0.39 is 40.3 Å². The lowest BCUT2D eigenvalue weighted by Gasteiger charge is -2.21. The minimum Gasteiger partial charge on any atom is -0.391 e. The minimum absolute atomic E-state index is 0.0808. The molecule has 7 heteroatoms. The number of aliphatic hydroxyl groups is 1. The number of halogens is 5. The maximum Gasteiger partial charge on any atom is 0.416 e. The Morgan fingerprint density at radius 2 is 1.89 bits per heavy atom. The van der Waals surface area contributed by atoms with Gasteiger partial charge in [0.2, 0.25) is 0 Å². The van der Waals surface area contributed by atoms with Crippen LogP contribution < -0.4 is 5.73 Å². The summed E-state index contributed by atoms with van der Waals surface area (Å²) in [6.07, 6.45) is -4.23. The van der Waals surface area contributed by atoms with E-state index in [1.54, 1.807) is 0 Å². The van der Waals surface area contributed by atoms with Gasteiger partial charge in [0, 0.05) is 5.56 Å². The van der Waals surface area contributed by atoms with Crippen molar-refractivity contribution in [3.63, 3.8) is 0 Å². The molecule has 1 fully saturated rings. The van der Waals surface area contributed by atoms with Gasteiger partial charge in [-0.05, 0) is 30.9 Å². The summed E-state index contributed by atoms with van der Waals surface area (Å²) in [4.78, 5) is 0. The standard InChI is InChI=1S/C12H12ClF4NO/c13-8-4-6(12(15,16)17)3-7(9(8)14)10(18)11(19)5-1-2-5/h3-5,10-11,19H,1-2,18H2/t10-,11+/m0/s1. The van der Waals surface area contributed by atoms with Crippen LogP contribution in [0.5, 0.6) is 0 Å².